The van der Waals surface area contributed by atoms with Crippen LogP contribution in [0.1, 0.15) is 54.5 Å². The fourth-order valence-corrected chi connectivity index (χ4v) is 11.6. The van der Waals surface area contributed by atoms with Gasteiger partial charge in [-0.2, -0.15) is 0 Å². The topological polar surface area (TPSA) is 155 Å². The Morgan fingerprint density at radius 3 is 1.25 bits per heavy atom. The molecule has 0 saturated carbocycles. The Balaban J connectivity index is 1.31. The minimum Gasteiger partial charge on any atom is -0.467 e. The molecule has 0 aliphatic carbocycles. The normalized spacial score (nSPS) is 15.5. The van der Waals surface area contributed by atoms with Crippen molar-refractivity contribution in [2.24, 2.45) is 0 Å². The van der Waals surface area contributed by atoms with E-state index in [2.05, 4.69) is 10.6 Å². The second kappa shape index (κ2) is 18.7. The molecule has 13 heteroatoms. The van der Waals surface area contributed by atoms with Crippen LogP contribution in [-0.4, -0.2) is 59.4 Å². The summed E-state index contributed by atoms with van der Waals surface area (Å²) >= 11 is 0. The Kier molecular flexibility index (Phi) is 12.5. The van der Waals surface area contributed by atoms with Crippen LogP contribution >= 0.6 is 7.92 Å². The van der Waals surface area contributed by atoms with Gasteiger partial charge in [0.2, 0.25) is 0 Å². The number of hydrogen-bond donors (Lipinski definition) is 2. The number of hydrogen-bond acceptors (Lipinski definition) is 8. The van der Waals surface area contributed by atoms with Gasteiger partial charge >= 0.3 is 11.9 Å². The Hall–Kier alpha value is -7.43. The Bertz CT molecular complexity index is 2760. The second-order valence-corrected chi connectivity index (χ2v) is 17.3. The third-order valence-corrected chi connectivity index (χ3v) is 14.1. The minimum atomic E-state index is -1.79. The Labute approximate surface area is 363 Å². The van der Waals surface area contributed by atoms with Gasteiger partial charge in [0.15, 0.2) is 0 Å². The Morgan fingerprint density at radius 2 is 0.857 bits per heavy atom. The summed E-state index contributed by atoms with van der Waals surface area (Å²) in [6.07, 6.45) is 0.322. The third-order valence-electron chi connectivity index (χ3n) is 11.2. The lowest BCUT2D eigenvalue weighted by atomic mass is 10.0. The molecule has 2 amide bonds. The number of fused-ring (bicyclic) bond motifs is 2. The van der Waals surface area contributed by atoms with E-state index in [4.69, 9.17) is 9.47 Å². The van der Waals surface area contributed by atoms with Crippen molar-refractivity contribution < 1.29 is 28.7 Å². The molecule has 0 unspecified atom stereocenters. The number of carbonyl (C=O) groups is 4. The summed E-state index contributed by atoms with van der Waals surface area (Å²) in [5.41, 5.74) is 1.89. The molecule has 2 N–H and O–H groups in total. The van der Waals surface area contributed by atoms with Crippen LogP contribution in [0.15, 0.2) is 173 Å². The first-order valence-corrected chi connectivity index (χ1v) is 21.8. The van der Waals surface area contributed by atoms with Crippen LogP contribution in [0.2, 0.25) is 0 Å². The second-order valence-electron chi connectivity index (χ2n) is 15.0. The maximum atomic E-state index is 15.1. The van der Waals surface area contributed by atoms with Crippen LogP contribution in [0.25, 0.3) is 10.8 Å². The maximum absolute atomic E-state index is 15.1. The van der Waals surface area contributed by atoms with E-state index in [1.54, 1.807) is 72.8 Å². The highest BCUT2D eigenvalue weighted by Crippen LogP contribution is 2.65. The highest BCUT2D eigenvalue weighted by Gasteiger charge is 2.47. The first kappa shape index (κ1) is 42.3. The van der Waals surface area contributed by atoms with Crippen molar-refractivity contribution >= 4 is 47.8 Å². The standard InChI is InChI=1S/C50H43N4O8P/c1-61-49(59)41(30-32-18-6-3-7-19-32)51-43(55)35-24-12-16-28-39(35)47-53-45(57)37-26-14-15-27-38(37)46(58)54(53)48(63(47)34-22-10-5-11-23-34)40-29-17-13-25-36(40)44(56)52-42(50(60)62-2)31-33-20-8-4-9-21-33/h3-29,41-42,47-48H,30-31H2,1-2H3,(H,51,55)(H,52,56)/t41-,42-,47+,48+/m0/s1. The van der Waals surface area contributed by atoms with E-state index in [-0.39, 0.29) is 34.7 Å². The Morgan fingerprint density at radius 1 is 0.508 bits per heavy atom. The van der Waals surface area contributed by atoms with Crippen LogP contribution in [0.5, 0.6) is 0 Å². The van der Waals surface area contributed by atoms with Crippen molar-refractivity contribution in [3.63, 3.8) is 0 Å². The highest BCUT2D eigenvalue weighted by atomic mass is 31.1. The minimum absolute atomic E-state index is 0.161. The fraction of sp³-hybridized carbons (Fsp3) is 0.160. The molecule has 12 nitrogen and oxygen atoms in total. The predicted molar refractivity (Wildman–Crippen MR) is 241 cm³/mol. The summed E-state index contributed by atoms with van der Waals surface area (Å²) in [5.74, 6) is -4.32. The molecule has 1 aliphatic rings. The molecule has 63 heavy (non-hydrogen) atoms. The molecule has 0 radical (unpaired) electrons. The zero-order valence-corrected chi connectivity index (χ0v) is 35.3. The first-order valence-electron chi connectivity index (χ1n) is 20.3. The molecule has 7 aromatic rings. The number of ether oxygens (including phenoxy) is 2. The number of aromatic nitrogens is 2. The first-order chi connectivity index (χ1) is 30.7. The average Bonchev–Trinajstić information content (AvgIpc) is 3.69. The summed E-state index contributed by atoms with van der Waals surface area (Å²) in [6, 6.07) is 46.1. The van der Waals surface area contributed by atoms with Gasteiger partial charge in [0.25, 0.3) is 22.9 Å². The molecule has 4 atom stereocenters. The summed E-state index contributed by atoms with van der Waals surface area (Å²) in [6.45, 7) is 0. The molecule has 316 valence electrons. The van der Waals surface area contributed by atoms with Crippen LogP contribution < -0.4 is 27.1 Å². The summed E-state index contributed by atoms with van der Waals surface area (Å²) < 4.78 is 13.1. The molecule has 0 fully saturated rings. The van der Waals surface area contributed by atoms with Gasteiger partial charge in [0.1, 0.15) is 23.6 Å². The average molecular weight is 859 g/mol. The van der Waals surface area contributed by atoms with Crippen molar-refractivity contribution in [3.05, 3.63) is 218 Å². The lowest BCUT2D eigenvalue weighted by Gasteiger charge is -2.28. The monoisotopic (exact) mass is 858 g/mol. The van der Waals surface area contributed by atoms with Gasteiger partial charge in [-0.15, -0.1) is 0 Å². The number of nitrogens with one attached hydrogen (secondary N) is 2. The summed E-state index contributed by atoms with van der Waals surface area (Å²) in [4.78, 5) is 85.7. The molecule has 2 heterocycles. The van der Waals surface area contributed by atoms with Gasteiger partial charge in [0.05, 0.1) is 25.0 Å². The number of nitrogens with zero attached hydrogens (tertiary/aromatic N) is 2. The van der Waals surface area contributed by atoms with Gasteiger partial charge in [0, 0.05) is 24.0 Å². The summed E-state index contributed by atoms with van der Waals surface area (Å²) in [5, 5.41) is 6.95. The summed E-state index contributed by atoms with van der Waals surface area (Å²) in [7, 11) is 0.725. The molecule has 8 rings (SSSR count). The zero-order valence-electron chi connectivity index (χ0n) is 34.4. The van der Waals surface area contributed by atoms with E-state index in [1.807, 2.05) is 91.0 Å². The van der Waals surface area contributed by atoms with E-state index in [0.29, 0.717) is 11.1 Å². The van der Waals surface area contributed by atoms with Crippen LogP contribution in [0.4, 0.5) is 0 Å². The van der Waals surface area contributed by atoms with E-state index >= 15 is 9.59 Å². The molecule has 0 bridgehead atoms. The lowest BCUT2D eigenvalue weighted by molar-refractivity contribution is -0.143. The highest BCUT2D eigenvalue weighted by molar-refractivity contribution is 7.66. The van der Waals surface area contributed by atoms with Crippen molar-refractivity contribution in [1.29, 1.82) is 0 Å². The third kappa shape index (κ3) is 8.45. The predicted octanol–water partition coefficient (Wildman–Crippen LogP) is 6.11. The van der Waals surface area contributed by atoms with Crippen LogP contribution in [0, 0.1) is 0 Å². The molecular weight excluding hydrogens is 816 g/mol. The van der Waals surface area contributed by atoms with Gasteiger partial charge in [-0.25, -0.2) is 19.0 Å². The zero-order chi connectivity index (χ0) is 44.0. The van der Waals surface area contributed by atoms with Crippen molar-refractivity contribution in [2.45, 2.75) is 36.5 Å². The van der Waals surface area contributed by atoms with Crippen molar-refractivity contribution in [3.8, 4) is 0 Å². The van der Waals surface area contributed by atoms with Gasteiger partial charge in [-0.3, -0.25) is 19.2 Å². The molecule has 0 spiro atoms. The SMILES string of the molecule is COC(=O)[C@H](Cc1ccccc1)NC(=O)c1ccccc1[C@@H]1n2c(=O)c3ccccc3c(=O)n2[C@@H](c2ccccc2C(=O)N[C@@H](Cc2ccccc2)C(=O)OC)P1c1ccccc1. The van der Waals surface area contributed by atoms with E-state index in [0.717, 1.165) is 16.4 Å². The number of carbonyl (C=O) groups excluding carboxylic acids is 4. The number of benzene rings is 6. The number of methoxy groups -OCH3 is 2. The van der Waals surface area contributed by atoms with Crippen LogP contribution in [-0.2, 0) is 31.9 Å². The van der Waals surface area contributed by atoms with Gasteiger partial charge in [-0.1, -0.05) is 140 Å². The lowest BCUT2D eigenvalue weighted by Crippen LogP contribution is -2.43. The maximum Gasteiger partial charge on any atom is 0.328 e. The van der Waals surface area contributed by atoms with E-state index in [1.165, 1.54) is 23.6 Å². The fourth-order valence-electron chi connectivity index (χ4n) is 8.27. The molecule has 1 aliphatic heterocycles. The smallest absolute Gasteiger partial charge is 0.328 e. The number of amides is 2. The largest absolute Gasteiger partial charge is 0.467 e. The molecule has 0 saturated heterocycles. The molecule has 6 aromatic carbocycles. The van der Waals surface area contributed by atoms with Gasteiger partial charge < -0.3 is 20.1 Å². The van der Waals surface area contributed by atoms with E-state index < -0.39 is 66.4 Å². The van der Waals surface area contributed by atoms with E-state index in [9.17, 15) is 19.2 Å². The van der Waals surface area contributed by atoms with Crippen LogP contribution in [0.3, 0.4) is 0 Å². The molecule has 1 aromatic heterocycles. The number of esters is 2. The van der Waals surface area contributed by atoms with Crippen molar-refractivity contribution in [2.75, 3.05) is 14.2 Å². The number of rotatable bonds is 13. The van der Waals surface area contributed by atoms with Gasteiger partial charge in [-0.05, 0) is 59.7 Å². The molecular formula is C50H43N4O8P. The quantitative estimate of drug-likeness (QED) is 0.104. The van der Waals surface area contributed by atoms with Crippen molar-refractivity contribution in [1.82, 2.24) is 20.0 Å².